The third kappa shape index (κ3) is 4.22. The van der Waals surface area contributed by atoms with E-state index in [-0.39, 0.29) is 24.0 Å². The van der Waals surface area contributed by atoms with E-state index in [9.17, 15) is 27.2 Å². The van der Waals surface area contributed by atoms with Crippen molar-refractivity contribution in [3.63, 3.8) is 0 Å². The zero-order chi connectivity index (χ0) is 22.2. The molecule has 0 bridgehead atoms. The first-order valence-electron chi connectivity index (χ1n) is 9.16. The molecule has 2 heterocycles. The highest BCUT2D eigenvalue weighted by Crippen LogP contribution is 2.32. The standard InChI is InChI=1S/C20H20F4N4O2/c1-10-14(19(30)26-18-17(10)11(2)27-28(18)3)6-7-16(29)25-9-12-4-5-13(21)8-15(12)20(22,23)24/h4-5,8H,6-7,9H2,1-3H3,(H,25,29)(H,26,30). The van der Waals surface area contributed by atoms with Crippen LogP contribution in [0.4, 0.5) is 17.6 Å². The lowest BCUT2D eigenvalue weighted by atomic mass is 10.0. The number of carbonyl (C=O) groups excluding carboxylic acids is 1. The highest BCUT2D eigenvalue weighted by Gasteiger charge is 2.33. The molecule has 0 spiro atoms. The van der Waals surface area contributed by atoms with E-state index in [1.54, 1.807) is 18.7 Å². The minimum absolute atomic E-state index is 0.0860. The van der Waals surface area contributed by atoms with Crippen LogP contribution in [0.15, 0.2) is 23.0 Å². The van der Waals surface area contributed by atoms with Crippen LogP contribution in [0, 0.1) is 19.7 Å². The molecule has 1 amide bonds. The Bertz CT molecular complexity index is 1180. The van der Waals surface area contributed by atoms with Crippen LogP contribution in [-0.4, -0.2) is 20.7 Å². The molecule has 0 saturated carbocycles. The fourth-order valence-electron chi connectivity index (χ4n) is 3.54. The molecule has 30 heavy (non-hydrogen) atoms. The van der Waals surface area contributed by atoms with Gasteiger partial charge in [-0.05, 0) is 43.5 Å². The van der Waals surface area contributed by atoms with Gasteiger partial charge in [-0.2, -0.15) is 18.3 Å². The average molecular weight is 424 g/mol. The first-order valence-corrected chi connectivity index (χ1v) is 9.16. The zero-order valence-corrected chi connectivity index (χ0v) is 16.6. The minimum Gasteiger partial charge on any atom is -0.352 e. The van der Waals surface area contributed by atoms with Crippen LogP contribution in [-0.2, 0) is 31.0 Å². The number of alkyl halides is 3. The highest BCUT2D eigenvalue weighted by molar-refractivity contribution is 5.83. The molecule has 0 radical (unpaired) electrons. The predicted octanol–water partition coefficient (Wildman–Crippen LogP) is 3.29. The van der Waals surface area contributed by atoms with Gasteiger partial charge < -0.3 is 10.3 Å². The van der Waals surface area contributed by atoms with Crippen molar-refractivity contribution in [3.8, 4) is 0 Å². The lowest BCUT2D eigenvalue weighted by molar-refractivity contribution is -0.138. The van der Waals surface area contributed by atoms with E-state index >= 15 is 0 Å². The number of halogens is 4. The largest absolute Gasteiger partial charge is 0.416 e. The molecule has 6 nitrogen and oxygen atoms in total. The number of aromatic amines is 1. The Morgan fingerprint density at radius 3 is 2.63 bits per heavy atom. The fraction of sp³-hybridized carbons (Fsp3) is 0.350. The maximum absolute atomic E-state index is 13.2. The first kappa shape index (κ1) is 21.5. The van der Waals surface area contributed by atoms with Gasteiger partial charge in [-0.15, -0.1) is 0 Å². The Labute approximate surface area is 168 Å². The number of amides is 1. The monoisotopic (exact) mass is 424 g/mol. The van der Waals surface area contributed by atoms with Crippen molar-refractivity contribution in [2.75, 3.05) is 0 Å². The molecule has 1 aromatic carbocycles. The number of aryl methyl sites for hydroxylation is 3. The van der Waals surface area contributed by atoms with Gasteiger partial charge in [0.2, 0.25) is 5.91 Å². The maximum atomic E-state index is 13.2. The predicted molar refractivity (Wildman–Crippen MR) is 102 cm³/mol. The van der Waals surface area contributed by atoms with Gasteiger partial charge in [-0.1, -0.05) is 6.07 Å². The van der Waals surface area contributed by atoms with E-state index in [0.29, 0.717) is 22.8 Å². The van der Waals surface area contributed by atoms with E-state index in [1.807, 2.05) is 6.92 Å². The average Bonchev–Trinajstić information content (AvgIpc) is 2.93. The molecule has 0 unspecified atom stereocenters. The van der Waals surface area contributed by atoms with Crippen molar-refractivity contribution < 1.29 is 22.4 Å². The molecule has 3 aromatic rings. The number of H-pyrrole nitrogens is 1. The smallest absolute Gasteiger partial charge is 0.352 e. The topological polar surface area (TPSA) is 79.8 Å². The summed E-state index contributed by atoms with van der Waals surface area (Å²) in [5.74, 6) is -1.53. The Morgan fingerprint density at radius 1 is 1.27 bits per heavy atom. The molecular formula is C20H20F4N4O2. The van der Waals surface area contributed by atoms with Crippen LogP contribution in [0.25, 0.3) is 11.0 Å². The van der Waals surface area contributed by atoms with E-state index in [1.165, 1.54) is 0 Å². The summed E-state index contributed by atoms with van der Waals surface area (Å²) in [6.45, 7) is 3.18. The quantitative estimate of drug-likeness (QED) is 0.617. The van der Waals surface area contributed by atoms with E-state index < -0.39 is 30.0 Å². The molecule has 0 atom stereocenters. The molecule has 2 aromatic heterocycles. The van der Waals surface area contributed by atoms with Crippen LogP contribution in [0.5, 0.6) is 0 Å². The normalized spacial score (nSPS) is 11.8. The van der Waals surface area contributed by atoms with Crippen molar-refractivity contribution >= 4 is 16.9 Å². The van der Waals surface area contributed by atoms with Gasteiger partial charge in [0.15, 0.2) is 0 Å². The number of fused-ring (bicyclic) bond motifs is 1. The molecule has 0 saturated heterocycles. The summed E-state index contributed by atoms with van der Waals surface area (Å²) in [5.41, 5.74) is 0.749. The Balaban J connectivity index is 1.72. The number of carbonyl (C=O) groups is 1. The summed E-state index contributed by atoms with van der Waals surface area (Å²) >= 11 is 0. The van der Waals surface area contributed by atoms with Gasteiger partial charge in [-0.3, -0.25) is 14.3 Å². The van der Waals surface area contributed by atoms with Crippen molar-refractivity contribution in [2.45, 2.75) is 39.4 Å². The SMILES string of the molecule is Cc1nn(C)c2[nH]c(=O)c(CCC(=O)NCc3ccc(F)cc3C(F)(F)F)c(C)c12. The fourth-order valence-corrected chi connectivity index (χ4v) is 3.54. The summed E-state index contributed by atoms with van der Waals surface area (Å²) in [7, 11) is 1.71. The number of nitrogens with one attached hydrogen (secondary N) is 2. The van der Waals surface area contributed by atoms with Gasteiger partial charge in [0.05, 0.1) is 11.3 Å². The van der Waals surface area contributed by atoms with Crippen LogP contribution in [0.1, 0.15) is 34.4 Å². The Kier molecular flexibility index (Phi) is 5.69. The van der Waals surface area contributed by atoms with Crippen LogP contribution in [0.3, 0.4) is 0 Å². The molecular weight excluding hydrogens is 404 g/mol. The number of hydrogen-bond acceptors (Lipinski definition) is 3. The Hall–Kier alpha value is -3.17. The van der Waals surface area contributed by atoms with Crippen molar-refractivity contribution in [3.05, 3.63) is 62.3 Å². The lowest BCUT2D eigenvalue weighted by Gasteiger charge is -2.14. The van der Waals surface area contributed by atoms with Crippen molar-refractivity contribution in [1.29, 1.82) is 0 Å². The summed E-state index contributed by atoms with van der Waals surface area (Å²) in [4.78, 5) is 27.3. The number of aromatic nitrogens is 3. The van der Waals surface area contributed by atoms with E-state index in [2.05, 4.69) is 15.4 Å². The lowest BCUT2D eigenvalue weighted by Crippen LogP contribution is -2.26. The van der Waals surface area contributed by atoms with E-state index in [4.69, 9.17) is 0 Å². The van der Waals surface area contributed by atoms with Gasteiger partial charge in [0.1, 0.15) is 11.5 Å². The molecule has 2 N–H and O–H groups in total. The molecule has 10 heteroatoms. The van der Waals surface area contributed by atoms with Crippen LogP contribution < -0.4 is 10.9 Å². The molecule has 3 rings (SSSR count). The third-order valence-corrected chi connectivity index (χ3v) is 5.01. The van der Waals surface area contributed by atoms with Crippen LogP contribution >= 0.6 is 0 Å². The number of benzene rings is 1. The minimum atomic E-state index is -4.73. The third-order valence-electron chi connectivity index (χ3n) is 5.01. The Morgan fingerprint density at radius 2 is 1.97 bits per heavy atom. The van der Waals surface area contributed by atoms with E-state index in [0.717, 1.165) is 23.2 Å². The second kappa shape index (κ2) is 7.92. The number of pyridine rings is 1. The molecule has 160 valence electrons. The van der Waals surface area contributed by atoms with Gasteiger partial charge >= 0.3 is 6.18 Å². The summed E-state index contributed by atoms with van der Waals surface area (Å²) < 4.78 is 53.9. The molecule has 0 aliphatic heterocycles. The summed E-state index contributed by atoms with van der Waals surface area (Å²) in [6, 6.07) is 2.30. The van der Waals surface area contributed by atoms with Crippen molar-refractivity contribution in [2.24, 2.45) is 7.05 Å². The van der Waals surface area contributed by atoms with Gasteiger partial charge in [-0.25, -0.2) is 4.39 Å². The second-order valence-corrected chi connectivity index (χ2v) is 7.07. The second-order valence-electron chi connectivity index (χ2n) is 7.07. The molecule has 0 aliphatic carbocycles. The summed E-state index contributed by atoms with van der Waals surface area (Å²) in [5, 5.41) is 7.48. The number of nitrogens with zero attached hydrogens (tertiary/aromatic N) is 2. The zero-order valence-electron chi connectivity index (χ0n) is 16.6. The molecule has 0 aliphatic rings. The van der Waals surface area contributed by atoms with Gasteiger partial charge in [0.25, 0.3) is 5.56 Å². The van der Waals surface area contributed by atoms with Crippen LogP contribution in [0.2, 0.25) is 0 Å². The highest BCUT2D eigenvalue weighted by atomic mass is 19.4. The van der Waals surface area contributed by atoms with Gasteiger partial charge in [0, 0.05) is 31.0 Å². The van der Waals surface area contributed by atoms with Crippen molar-refractivity contribution in [1.82, 2.24) is 20.1 Å². The first-order chi connectivity index (χ1) is 14.0. The number of rotatable bonds is 5. The molecule has 0 fully saturated rings. The number of hydrogen-bond donors (Lipinski definition) is 2. The maximum Gasteiger partial charge on any atom is 0.416 e. The summed E-state index contributed by atoms with van der Waals surface area (Å²) in [6.07, 6.45) is -4.70.